The van der Waals surface area contributed by atoms with Gasteiger partial charge in [-0.05, 0) is 49.9 Å². The summed E-state index contributed by atoms with van der Waals surface area (Å²) < 4.78 is 4.51. The van der Waals surface area contributed by atoms with Crippen LogP contribution in [0.1, 0.15) is 61.1 Å². The van der Waals surface area contributed by atoms with Gasteiger partial charge in [-0.15, -0.1) is 0 Å². The third kappa shape index (κ3) is 1.80. The first-order valence-corrected chi connectivity index (χ1v) is 8.81. The zero-order valence-electron chi connectivity index (χ0n) is 12.8. The van der Waals surface area contributed by atoms with E-state index in [4.69, 9.17) is 0 Å². The molecule has 3 heteroatoms. The molecule has 2 nitrogen and oxygen atoms in total. The van der Waals surface area contributed by atoms with E-state index in [9.17, 15) is 0 Å². The van der Waals surface area contributed by atoms with Gasteiger partial charge in [0.15, 0.2) is 0 Å². The van der Waals surface area contributed by atoms with Gasteiger partial charge in [0.2, 0.25) is 0 Å². The molecule has 21 heavy (non-hydrogen) atoms. The first-order chi connectivity index (χ1) is 10.2. The van der Waals surface area contributed by atoms with Crippen molar-refractivity contribution in [1.82, 2.24) is 4.37 Å². The standard InChI is InChI=1S/C18H22N2S/c1-13-8-4-5-9-16(13)20-14(2)17-15(12-19-21-17)18(20)10-6-3-7-11-18/h4-5,8-9,12,14H,3,6-7,10-11H2,1-2H3. The van der Waals surface area contributed by atoms with Crippen LogP contribution in [0.2, 0.25) is 0 Å². The second kappa shape index (κ2) is 4.84. The number of rotatable bonds is 1. The average Bonchev–Trinajstić information content (AvgIpc) is 3.06. The molecule has 1 aliphatic heterocycles. The van der Waals surface area contributed by atoms with Crippen LogP contribution in [0.25, 0.3) is 0 Å². The molecule has 1 aromatic carbocycles. The number of fused-ring (bicyclic) bond motifs is 2. The van der Waals surface area contributed by atoms with Crippen LogP contribution in [0.4, 0.5) is 5.69 Å². The van der Waals surface area contributed by atoms with Crippen molar-refractivity contribution in [1.29, 1.82) is 0 Å². The number of para-hydroxylation sites is 1. The van der Waals surface area contributed by atoms with Crippen LogP contribution in [-0.2, 0) is 5.54 Å². The largest absolute Gasteiger partial charge is 0.354 e. The van der Waals surface area contributed by atoms with Crippen LogP contribution in [0, 0.1) is 6.92 Å². The molecule has 1 spiro atoms. The highest BCUT2D eigenvalue weighted by atomic mass is 32.1. The first kappa shape index (κ1) is 13.3. The third-order valence-electron chi connectivity index (χ3n) is 5.38. The summed E-state index contributed by atoms with van der Waals surface area (Å²) in [4.78, 5) is 4.20. The Bertz CT molecular complexity index is 655. The van der Waals surface area contributed by atoms with Crippen molar-refractivity contribution in [3.05, 3.63) is 46.5 Å². The summed E-state index contributed by atoms with van der Waals surface area (Å²) in [5.74, 6) is 0. The molecule has 1 aromatic heterocycles. The van der Waals surface area contributed by atoms with Crippen molar-refractivity contribution >= 4 is 17.2 Å². The van der Waals surface area contributed by atoms with Crippen LogP contribution in [-0.4, -0.2) is 4.37 Å². The molecule has 0 radical (unpaired) electrons. The Hall–Kier alpha value is -1.35. The minimum absolute atomic E-state index is 0.201. The molecule has 0 saturated heterocycles. The van der Waals surface area contributed by atoms with Crippen molar-refractivity contribution in [2.75, 3.05) is 4.90 Å². The highest BCUT2D eigenvalue weighted by molar-refractivity contribution is 7.06. The van der Waals surface area contributed by atoms with Gasteiger partial charge in [0.05, 0.1) is 16.5 Å². The van der Waals surface area contributed by atoms with E-state index in [1.165, 1.54) is 53.8 Å². The predicted molar refractivity (Wildman–Crippen MR) is 89.0 cm³/mol. The minimum atomic E-state index is 0.201. The summed E-state index contributed by atoms with van der Waals surface area (Å²) >= 11 is 1.70. The SMILES string of the molecule is Cc1ccccc1N1C(C)c2sncc2C12CCCCC2. The van der Waals surface area contributed by atoms with Crippen molar-refractivity contribution in [2.45, 2.75) is 57.5 Å². The molecule has 2 aliphatic rings. The maximum atomic E-state index is 4.51. The summed E-state index contributed by atoms with van der Waals surface area (Å²) in [5.41, 5.74) is 4.52. The number of hydrogen-bond donors (Lipinski definition) is 0. The van der Waals surface area contributed by atoms with Gasteiger partial charge < -0.3 is 4.90 Å². The van der Waals surface area contributed by atoms with Crippen LogP contribution < -0.4 is 4.90 Å². The van der Waals surface area contributed by atoms with Gasteiger partial charge in [0.25, 0.3) is 0 Å². The van der Waals surface area contributed by atoms with E-state index in [2.05, 4.69) is 53.6 Å². The molecule has 110 valence electrons. The number of anilines is 1. The molecular formula is C18H22N2S. The van der Waals surface area contributed by atoms with E-state index in [1.54, 1.807) is 11.5 Å². The van der Waals surface area contributed by atoms with Gasteiger partial charge in [-0.3, -0.25) is 0 Å². The van der Waals surface area contributed by atoms with Crippen molar-refractivity contribution in [3.63, 3.8) is 0 Å². The summed E-state index contributed by atoms with van der Waals surface area (Å²) in [6, 6.07) is 9.31. The van der Waals surface area contributed by atoms with Crippen molar-refractivity contribution < 1.29 is 0 Å². The lowest BCUT2D eigenvalue weighted by molar-refractivity contribution is 0.283. The fraction of sp³-hybridized carbons (Fsp3) is 0.500. The normalized spacial score (nSPS) is 23.5. The Morgan fingerprint density at radius 3 is 2.71 bits per heavy atom. The number of benzene rings is 1. The molecule has 2 heterocycles. The Balaban J connectivity index is 1.89. The Morgan fingerprint density at radius 2 is 1.95 bits per heavy atom. The second-order valence-electron chi connectivity index (χ2n) is 6.53. The van der Waals surface area contributed by atoms with Gasteiger partial charge in [-0.2, -0.15) is 0 Å². The van der Waals surface area contributed by atoms with Crippen LogP contribution in [0.5, 0.6) is 0 Å². The highest BCUT2D eigenvalue weighted by Gasteiger charge is 2.50. The molecule has 1 aliphatic carbocycles. The minimum Gasteiger partial charge on any atom is -0.354 e. The molecule has 1 unspecified atom stereocenters. The van der Waals surface area contributed by atoms with E-state index in [0.29, 0.717) is 6.04 Å². The molecule has 0 amide bonds. The van der Waals surface area contributed by atoms with E-state index in [-0.39, 0.29) is 5.54 Å². The molecular weight excluding hydrogens is 276 g/mol. The molecule has 4 rings (SSSR count). The molecule has 2 aromatic rings. The molecule has 1 saturated carbocycles. The maximum absolute atomic E-state index is 4.51. The number of nitrogens with zero attached hydrogens (tertiary/aromatic N) is 2. The van der Waals surface area contributed by atoms with Crippen LogP contribution in [0.3, 0.4) is 0 Å². The van der Waals surface area contributed by atoms with E-state index in [0.717, 1.165) is 0 Å². The van der Waals surface area contributed by atoms with Gasteiger partial charge in [0.1, 0.15) is 0 Å². The fourth-order valence-corrected chi connectivity index (χ4v) is 5.31. The van der Waals surface area contributed by atoms with Gasteiger partial charge in [-0.25, -0.2) is 4.37 Å². The molecule has 0 N–H and O–H groups in total. The van der Waals surface area contributed by atoms with E-state index >= 15 is 0 Å². The Kier molecular flexibility index (Phi) is 3.07. The number of aromatic nitrogens is 1. The Morgan fingerprint density at radius 1 is 1.19 bits per heavy atom. The fourth-order valence-electron chi connectivity index (χ4n) is 4.44. The summed E-state index contributed by atoms with van der Waals surface area (Å²) in [5, 5.41) is 0. The van der Waals surface area contributed by atoms with E-state index < -0.39 is 0 Å². The Labute approximate surface area is 131 Å². The van der Waals surface area contributed by atoms with Crippen molar-refractivity contribution in [3.8, 4) is 0 Å². The van der Waals surface area contributed by atoms with Crippen molar-refractivity contribution in [2.24, 2.45) is 0 Å². The lowest BCUT2D eigenvalue weighted by Gasteiger charge is -2.45. The zero-order chi connectivity index (χ0) is 14.4. The monoisotopic (exact) mass is 298 g/mol. The highest BCUT2D eigenvalue weighted by Crippen LogP contribution is 2.56. The summed E-state index contributed by atoms with van der Waals surface area (Å²) in [6.07, 6.45) is 8.76. The van der Waals surface area contributed by atoms with Gasteiger partial charge in [-0.1, -0.05) is 37.5 Å². The lowest BCUT2D eigenvalue weighted by Crippen LogP contribution is -2.44. The maximum Gasteiger partial charge on any atom is 0.0687 e. The third-order valence-corrected chi connectivity index (χ3v) is 6.35. The average molecular weight is 298 g/mol. The summed E-state index contributed by atoms with van der Waals surface area (Å²) in [6.45, 7) is 4.59. The van der Waals surface area contributed by atoms with Crippen LogP contribution in [0.15, 0.2) is 30.5 Å². The second-order valence-corrected chi connectivity index (χ2v) is 7.36. The van der Waals surface area contributed by atoms with E-state index in [1.807, 2.05) is 0 Å². The summed E-state index contributed by atoms with van der Waals surface area (Å²) in [7, 11) is 0. The predicted octanol–water partition coefficient (Wildman–Crippen LogP) is 5.19. The molecule has 1 atom stereocenters. The van der Waals surface area contributed by atoms with Gasteiger partial charge in [0, 0.05) is 17.4 Å². The zero-order valence-corrected chi connectivity index (χ0v) is 13.6. The molecule has 0 bridgehead atoms. The topological polar surface area (TPSA) is 16.1 Å². The smallest absolute Gasteiger partial charge is 0.0687 e. The van der Waals surface area contributed by atoms with Crippen LogP contribution >= 0.6 is 11.5 Å². The lowest BCUT2D eigenvalue weighted by atomic mass is 9.77. The number of aryl methyl sites for hydroxylation is 1. The van der Waals surface area contributed by atoms with Gasteiger partial charge >= 0.3 is 0 Å². The first-order valence-electron chi connectivity index (χ1n) is 8.04. The quantitative estimate of drug-likeness (QED) is 0.720. The number of hydrogen-bond acceptors (Lipinski definition) is 3. The molecule has 1 fully saturated rings.